The Hall–Kier alpha value is -2.88. The second kappa shape index (κ2) is 7.16. The molecule has 3 rings (SSSR count). The minimum atomic E-state index is -4.87. The van der Waals surface area contributed by atoms with E-state index in [1.165, 1.54) is 6.20 Å². The van der Waals surface area contributed by atoms with Crippen molar-refractivity contribution in [2.75, 3.05) is 0 Å². The van der Waals surface area contributed by atoms with Gasteiger partial charge in [0.25, 0.3) is 0 Å². The number of benzene rings is 1. The number of imidazole rings is 1. The second-order valence-electron chi connectivity index (χ2n) is 5.27. The van der Waals surface area contributed by atoms with Gasteiger partial charge in [-0.25, -0.2) is 13.4 Å². The van der Waals surface area contributed by atoms with Crippen LogP contribution in [0.15, 0.2) is 60.1 Å². The standard InChI is InChI=1S/C16H12F3N3O3S/c17-16(18,19)25-12-2-4-15(26(23)24)13(7-12)14-3-1-11(8-21-14)9-22-6-5-20-10-22/h1-8,10,26H,9H2. The highest BCUT2D eigenvalue weighted by Gasteiger charge is 2.31. The van der Waals surface area contributed by atoms with Gasteiger partial charge >= 0.3 is 6.36 Å². The van der Waals surface area contributed by atoms with Crippen molar-refractivity contribution in [3.63, 3.8) is 0 Å². The molecule has 0 unspecified atom stereocenters. The smallest absolute Gasteiger partial charge is 0.406 e. The Labute approximate surface area is 147 Å². The zero-order chi connectivity index (χ0) is 18.7. The summed E-state index contributed by atoms with van der Waals surface area (Å²) in [6, 6.07) is 6.27. The van der Waals surface area contributed by atoms with Gasteiger partial charge in [0.1, 0.15) is 5.75 Å². The van der Waals surface area contributed by atoms with E-state index in [4.69, 9.17) is 0 Å². The molecular formula is C16H12F3N3O3S. The van der Waals surface area contributed by atoms with Crippen LogP contribution >= 0.6 is 0 Å². The number of pyridine rings is 1. The van der Waals surface area contributed by atoms with Gasteiger partial charge in [0, 0.05) is 30.7 Å². The molecule has 0 atom stereocenters. The highest BCUT2D eigenvalue weighted by Crippen LogP contribution is 2.31. The van der Waals surface area contributed by atoms with Crippen LogP contribution in [0.3, 0.4) is 0 Å². The third-order valence-corrected chi connectivity index (χ3v) is 4.21. The summed E-state index contributed by atoms with van der Waals surface area (Å²) in [5.41, 5.74) is 1.08. The molecule has 6 nitrogen and oxygen atoms in total. The number of thiol groups is 1. The van der Waals surface area contributed by atoms with Crippen molar-refractivity contribution in [3.8, 4) is 17.0 Å². The maximum atomic E-state index is 12.4. The molecule has 0 saturated heterocycles. The number of aromatic nitrogens is 3. The van der Waals surface area contributed by atoms with E-state index in [2.05, 4.69) is 14.7 Å². The molecule has 26 heavy (non-hydrogen) atoms. The summed E-state index contributed by atoms with van der Waals surface area (Å²) in [7, 11) is -3.02. The van der Waals surface area contributed by atoms with E-state index in [0.29, 0.717) is 6.54 Å². The Kier molecular flexibility index (Phi) is 4.94. The highest BCUT2D eigenvalue weighted by molar-refractivity contribution is 7.72. The first-order valence-corrected chi connectivity index (χ1v) is 8.45. The summed E-state index contributed by atoms with van der Waals surface area (Å²) in [6.07, 6.45) is 1.68. The number of alkyl halides is 3. The van der Waals surface area contributed by atoms with E-state index < -0.39 is 22.8 Å². The zero-order valence-electron chi connectivity index (χ0n) is 13.1. The molecule has 10 heteroatoms. The summed E-state index contributed by atoms with van der Waals surface area (Å²) in [6.45, 7) is 0.507. The molecule has 2 heterocycles. The summed E-state index contributed by atoms with van der Waals surface area (Å²) in [5.74, 6) is -0.516. The molecule has 3 aromatic rings. The van der Waals surface area contributed by atoms with Crippen molar-refractivity contribution >= 4 is 10.7 Å². The molecule has 136 valence electrons. The molecule has 0 fully saturated rings. The van der Waals surface area contributed by atoms with Crippen LogP contribution in [0.5, 0.6) is 5.75 Å². The fourth-order valence-corrected chi connectivity index (χ4v) is 2.92. The lowest BCUT2D eigenvalue weighted by Gasteiger charge is -2.11. The van der Waals surface area contributed by atoms with Gasteiger partial charge in [0.15, 0.2) is 10.7 Å². The summed E-state index contributed by atoms with van der Waals surface area (Å²) in [4.78, 5) is 7.96. The van der Waals surface area contributed by atoms with Crippen LogP contribution in [0.1, 0.15) is 5.56 Å². The Morgan fingerprint density at radius 1 is 1.15 bits per heavy atom. The minimum Gasteiger partial charge on any atom is -0.406 e. The van der Waals surface area contributed by atoms with E-state index in [1.54, 1.807) is 30.9 Å². The van der Waals surface area contributed by atoms with Gasteiger partial charge in [-0.05, 0) is 29.8 Å². The van der Waals surface area contributed by atoms with Gasteiger partial charge in [0.05, 0.1) is 16.9 Å². The van der Waals surface area contributed by atoms with Crippen molar-refractivity contribution < 1.29 is 26.3 Å². The SMILES string of the molecule is O=[SH](=O)c1ccc(OC(F)(F)F)cc1-c1ccc(Cn2ccnc2)cn1. The van der Waals surface area contributed by atoms with Gasteiger partial charge in [-0.15, -0.1) is 13.2 Å². The molecule has 0 bridgehead atoms. The first kappa shape index (κ1) is 17.9. The van der Waals surface area contributed by atoms with Gasteiger partial charge in [-0.3, -0.25) is 4.98 Å². The normalized spacial score (nSPS) is 11.7. The second-order valence-corrected chi connectivity index (χ2v) is 6.27. The van der Waals surface area contributed by atoms with Gasteiger partial charge in [-0.2, -0.15) is 0 Å². The summed E-state index contributed by atoms with van der Waals surface area (Å²) in [5, 5.41) is 0. The van der Waals surface area contributed by atoms with Crippen LogP contribution in [0, 0.1) is 0 Å². The van der Waals surface area contributed by atoms with Crippen molar-refractivity contribution in [2.24, 2.45) is 0 Å². The maximum absolute atomic E-state index is 12.4. The zero-order valence-corrected chi connectivity index (χ0v) is 13.9. The number of nitrogens with zero attached hydrogens (tertiary/aromatic N) is 3. The quantitative estimate of drug-likeness (QED) is 0.686. The molecule has 1 aromatic carbocycles. The van der Waals surface area contributed by atoms with E-state index in [1.807, 2.05) is 4.57 Å². The predicted molar refractivity (Wildman–Crippen MR) is 86.3 cm³/mol. The first-order chi connectivity index (χ1) is 12.3. The number of halogens is 3. The fraction of sp³-hybridized carbons (Fsp3) is 0.125. The van der Waals surface area contributed by atoms with Gasteiger partial charge in [0.2, 0.25) is 0 Å². The third-order valence-electron chi connectivity index (χ3n) is 3.42. The molecule has 2 aromatic heterocycles. The monoisotopic (exact) mass is 383 g/mol. The van der Waals surface area contributed by atoms with E-state index >= 15 is 0 Å². The number of hydrogen-bond donors (Lipinski definition) is 1. The van der Waals surface area contributed by atoms with Crippen LogP contribution in [-0.4, -0.2) is 29.3 Å². The van der Waals surface area contributed by atoms with Crippen molar-refractivity contribution in [1.82, 2.24) is 14.5 Å². The third kappa shape index (κ3) is 4.39. The lowest BCUT2D eigenvalue weighted by atomic mass is 10.1. The first-order valence-electron chi connectivity index (χ1n) is 7.27. The molecule has 0 aliphatic rings. The van der Waals surface area contributed by atoms with Crippen molar-refractivity contribution in [3.05, 3.63) is 60.8 Å². The molecule has 0 spiro atoms. The lowest BCUT2D eigenvalue weighted by molar-refractivity contribution is -0.274. The molecular weight excluding hydrogens is 371 g/mol. The van der Waals surface area contributed by atoms with Crippen LogP contribution in [-0.2, 0) is 17.2 Å². The summed E-state index contributed by atoms with van der Waals surface area (Å²) < 4.78 is 65.7. The molecule has 0 saturated carbocycles. The van der Waals surface area contributed by atoms with Crippen LogP contribution in [0.25, 0.3) is 11.3 Å². The van der Waals surface area contributed by atoms with Crippen LogP contribution in [0.4, 0.5) is 13.2 Å². The molecule has 0 aliphatic heterocycles. The lowest BCUT2D eigenvalue weighted by Crippen LogP contribution is -2.17. The molecule has 0 aliphatic carbocycles. The van der Waals surface area contributed by atoms with Gasteiger partial charge < -0.3 is 9.30 Å². The maximum Gasteiger partial charge on any atom is 0.573 e. The van der Waals surface area contributed by atoms with E-state index in [9.17, 15) is 21.6 Å². The minimum absolute atomic E-state index is 0.0389. The Bertz CT molecular complexity index is 961. The largest absolute Gasteiger partial charge is 0.573 e. The number of rotatable bonds is 5. The number of hydrogen-bond acceptors (Lipinski definition) is 5. The predicted octanol–water partition coefficient (Wildman–Crippen LogP) is 2.86. The van der Waals surface area contributed by atoms with E-state index in [0.717, 1.165) is 23.8 Å². The molecule has 0 radical (unpaired) electrons. The molecule has 0 N–H and O–H groups in total. The number of ether oxygens (including phenoxy) is 1. The highest BCUT2D eigenvalue weighted by atomic mass is 32.2. The fourth-order valence-electron chi connectivity index (χ4n) is 2.35. The Balaban J connectivity index is 1.94. The summed E-state index contributed by atoms with van der Waals surface area (Å²) >= 11 is 0. The Morgan fingerprint density at radius 2 is 1.96 bits per heavy atom. The van der Waals surface area contributed by atoms with Gasteiger partial charge in [-0.1, -0.05) is 6.07 Å². The molecule has 0 amide bonds. The Morgan fingerprint density at radius 3 is 2.54 bits per heavy atom. The average molecular weight is 383 g/mol. The average Bonchev–Trinajstić information content (AvgIpc) is 3.07. The van der Waals surface area contributed by atoms with Crippen molar-refractivity contribution in [2.45, 2.75) is 17.8 Å². The van der Waals surface area contributed by atoms with Crippen LogP contribution < -0.4 is 4.74 Å². The van der Waals surface area contributed by atoms with Crippen molar-refractivity contribution in [1.29, 1.82) is 0 Å². The van der Waals surface area contributed by atoms with Crippen LogP contribution in [0.2, 0.25) is 0 Å². The van der Waals surface area contributed by atoms with E-state index in [-0.39, 0.29) is 16.2 Å². The topological polar surface area (TPSA) is 74.1 Å².